The van der Waals surface area contributed by atoms with Gasteiger partial charge in [0.25, 0.3) is 5.89 Å². The standard InChI is InChI=1S/C23H20N2O3/c1-16(17-9-5-3-6-10-17)27-20-14-13-19(15-21(20)26-2)22-24-23(28-25-22)18-11-7-4-8-12-18/h3-16H,1-2H3. The molecule has 0 saturated heterocycles. The van der Waals surface area contributed by atoms with Crippen molar-refractivity contribution in [3.8, 4) is 34.3 Å². The third-order valence-electron chi connectivity index (χ3n) is 4.44. The van der Waals surface area contributed by atoms with Crippen LogP contribution in [-0.4, -0.2) is 17.3 Å². The summed E-state index contributed by atoms with van der Waals surface area (Å²) in [4.78, 5) is 4.49. The maximum Gasteiger partial charge on any atom is 0.258 e. The lowest BCUT2D eigenvalue weighted by Crippen LogP contribution is -2.04. The second kappa shape index (κ2) is 7.96. The van der Waals surface area contributed by atoms with Gasteiger partial charge >= 0.3 is 0 Å². The normalized spacial score (nSPS) is 11.8. The molecule has 4 aromatic rings. The maximum absolute atomic E-state index is 6.10. The van der Waals surface area contributed by atoms with Crippen LogP contribution in [0.2, 0.25) is 0 Å². The van der Waals surface area contributed by atoms with Gasteiger partial charge in [-0.05, 0) is 42.8 Å². The lowest BCUT2D eigenvalue weighted by Gasteiger charge is -2.17. The molecule has 1 unspecified atom stereocenters. The first-order chi connectivity index (χ1) is 13.7. The van der Waals surface area contributed by atoms with E-state index in [0.29, 0.717) is 23.2 Å². The van der Waals surface area contributed by atoms with Gasteiger partial charge in [0.1, 0.15) is 6.10 Å². The van der Waals surface area contributed by atoms with Crippen molar-refractivity contribution in [1.82, 2.24) is 10.1 Å². The van der Waals surface area contributed by atoms with Gasteiger partial charge in [-0.3, -0.25) is 0 Å². The first kappa shape index (κ1) is 17.8. The molecule has 0 spiro atoms. The molecule has 0 radical (unpaired) electrons. The highest BCUT2D eigenvalue weighted by Gasteiger charge is 2.15. The zero-order chi connectivity index (χ0) is 19.3. The van der Waals surface area contributed by atoms with Crippen LogP contribution in [0.3, 0.4) is 0 Å². The molecule has 3 aromatic carbocycles. The molecule has 140 valence electrons. The molecule has 5 nitrogen and oxygen atoms in total. The molecule has 0 fully saturated rings. The SMILES string of the molecule is COc1cc(-c2noc(-c3ccccc3)n2)ccc1OC(C)c1ccccc1. The van der Waals surface area contributed by atoms with Crippen LogP contribution in [0.5, 0.6) is 11.5 Å². The predicted molar refractivity (Wildman–Crippen MR) is 107 cm³/mol. The molecule has 0 aliphatic carbocycles. The zero-order valence-corrected chi connectivity index (χ0v) is 15.7. The Labute approximate surface area is 163 Å². The van der Waals surface area contributed by atoms with Gasteiger partial charge in [-0.15, -0.1) is 0 Å². The molecule has 0 amide bonds. The zero-order valence-electron chi connectivity index (χ0n) is 15.7. The molecule has 1 heterocycles. The topological polar surface area (TPSA) is 57.4 Å². The van der Waals surface area contributed by atoms with E-state index in [-0.39, 0.29) is 6.10 Å². The number of hydrogen-bond donors (Lipinski definition) is 0. The number of rotatable bonds is 6. The predicted octanol–water partition coefficient (Wildman–Crippen LogP) is 5.55. The maximum atomic E-state index is 6.10. The second-order valence-electron chi connectivity index (χ2n) is 6.33. The van der Waals surface area contributed by atoms with Crippen LogP contribution in [0, 0.1) is 0 Å². The van der Waals surface area contributed by atoms with E-state index in [0.717, 1.165) is 16.7 Å². The average Bonchev–Trinajstić information content (AvgIpc) is 3.25. The lowest BCUT2D eigenvalue weighted by atomic mass is 10.1. The van der Waals surface area contributed by atoms with Gasteiger partial charge in [0.2, 0.25) is 5.82 Å². The monoisotopic (exact) mass is 372 g/mol. The Bertz CT molecular complexity index is 1050. The van der Waals surface area contributed by atoms with Gasteiger partial charge in [-0.1, -0.05) is 53.7 Å². The molecule has 0 N–H and O–H groups in total. The molecule has 0 saturated carbocycles. The van der Waals surface area contributed by atoms with Crippen molar-refractivity contribution < 1.29 is 14.0 Å². The molecule has 4 rings (SSSR count). The minimum absolute atomic E-state index is 0.101. The van der Waals surface area contributed by atoms with E-state index in [1.54, 1.807) is 7.11 Å². The Morgan fingerprint density at radius 3 is 2.25 bits per heavy atom. The number of nitrogens with zero attached hydrogens (tertiary/aromatic N) is 2. The molecule has 28 heavy (non-hydrogen) atoms. The molecular formula is C23H20N2O3. The van der Waals surface area contributed by atoms with E-state index in [9.17, 15) is 0 Å². The van der Waals surface area contributed by atoms with E-state index >= 15 is 0 Å². The van der Waals surface area contributed by atoms with Gasteiger partial charge in [-0.25, -0.2) is 0 Å². The summed E-state index contributed by atoms with van der Waals surface area (Å²) in [5.41, 5.74) is 2.77. The number of methoxy groups -OCH3 is 1. The van der Waals surface area contributed by atoms with Crippen LogP contribution in [0.25, 0.3) is 22.8 Å². The van der Waals surface area contributed by atoms with Gasteiger partial charge in [0, 0.05) is 11.1 Å². The first-order valence-corrected chi connectivity index (χ1v) is 9.04. The summed E-state index contributed by atoms with van der Waals surface area (Å²) in [6.45, 7) is 2.01. The second-order valence-corrected chi connectivity index (χ2v) is 6.33. The highest BCUT2D eigenvalue weighted by Crippen LogP contribution is 2.35. The van der Waals surface area contributed by atoms with Crippen molar-refractivity contribution in [2.24, 2.45) is 0 Å². The minimum Gasteiger partial charge on any atom is -0.493 e. The molecule has 5 heteroatoms. The van der Waals surface area contributed by atoms with Crippen molar-refractivity contribution in [3.05, 3.63) is 84.4 Å². The Kier molecular flexibility index (Phi) is 5.06. The highest BCUT2D eigenvalue weighted by molar-refractivity contribution is 5.63. The Morgan fingerprint density at radius 1 is 0.821 bits per heavy atom. The quantitative estimate of drug-likeness (QED) is 0.444. The smallest absolute Gasteiger partial charge is 0.258 e. The highest BCUT2D eigenvalue weighted by atomic mass is 16.5. The van der Waals surface area contributed by atoms with E-state index in [1.165, 1.54) is 0 Å². The third kappa shape index (κ3) is 3.74. The van der Waals surface area contributed by atoms with Gasteiger partial charge in [0.15, 0.2) is 11.5 Å². The van der Waals surface area contributed by atoms with E-state index in [1.807, 2.05) is 85.8 Å². The fraction of sp³-hybridized carbons (Fsp3) is 0.130. The molecule has 0 aliphatic rings. The Balaban J connectivity index is 1.58. The van der Waals surface area contributed by atoms with Crippen molar-refractivity contribution in [2.75, 3.05) is 7.11 Å². The lowest BCUT2D eigenvalue weighted by molar-refractivity contribution is 0.216. The van der Waals surface area contributed by atoms with Crippen molar-refractivity contribution in [3.63, 3.8) is 0 Å². The third-order valence-corrected chi connectivity index (χ3v) is 4.44. The van der Waals surface area contributed by atoms with Crippen molar-refractivity contribution >= 4 is 0 Å². The van der Waals surface area contributed by atoms with Crippen LogP contribution < -0.4 is 9.47 Å². The summed E-state index contributed by atoms with van der Waals surface area (Å²) >= 11 is 0. The molecular weight excluding hydrogens is 352 g/mol. The van der Waals surface area contributed by atoms with Crippen LogP contribution in [0.1, 0.15) is 18.6 Å². The van der Waals surface area contributed by atoms with E-state index in [4.69, 9.17) is 14.0 Å². The van der Waals surface area contributed by atoms with E-state index in [2.05, 4.69) is 10.1 Å². The number of ether oxygens (including phenoxy) is 2. The Morgan fingerprint density at radius 2 is 1.54 bits per heavy atom. The molecule has 1 aromatic heterocycles. The summed E-state index contributed by atoms with van der Waals surface area (Å²) in [5.74, 6) is 2.26. The van der Waals surface area contributed by atoms with Gasteiger partial charge < -0.3 is 14.0 Å². The fourth-order valence-electron chi connectivity index (χ4n) is 2.93. The summed E-state index contributed by atoms with van der Waals surface area (Å²) in [6.07, 6.45) is -0.101. The number of aromatic nitrogens is 2. The Hall–Kier alpha value is -3.60. The average molecular weight is 372 g/mol. The summed E-state index contributed by atoms with van der Waals surface area (Å²) in [5, 5.41) is 4.09. The fourth-order valence-corrected chi connectivity index (χ4v) is 2.93. The molecule has 0 bridgehead atoms. The van der Waals surface area contributed by atoms with Crippen LogP contribution >= 0.6 is 0 Å². The van der Waals surface area contributed by atoms with Crippen molar-refractivity contribution in [2.45, 2.75) is 13.0 Å². The van der Waals surface area contributed by atoms with Crippen LogP contribution in [0.15, 0.2) is 83.4 Å². The summed E-state index contributed by atoms with van der Waals surface area (Å²) in [7, 11) is 1.62. The number of hydrogen-bond acceptors (Lipinski definition) is 5. The molecule has 1 atom stereocenters. The molecule has 0 aliphatic heterocycles. The first-order valence-electron chi connectivity index (χ1n) is 9.04. The van der Waals surface area contributed by atoms with E-state index < -0.39 is 0 Å². The minimum atomic E-state index is -0.101. The summed E-state index contributed by atoms with van der Waals surface area (Å²) in [6, 6.07) is 25.3. The van der Waals surface area contributed by atoms with Crippen molar-refractivity contribution in [1.29, 1.82) is 0 Å². The van der Waals surface area contributed by atoms with Gasteiger partial charge in [0.05, 0.1) is 7.11 Å². The number of benzene rings is 3. The summed E-state index contributed by atoms with van der Waals surface area (Å²) < 4.78 is 17.0. The largest absolute Gasteiger partial charge is 0.493 e. The van der Waals surface area contributed by atoms with Gasteiger partial charge in [-0.2, -0.15) is 4.98 Å². The van der Waals surface area contributed by atoms with Crippen LogP contribution in [0.4, 0.5) is 0 Å². The van der Waals surface area contributed by atoms with Crippen LogP contribution in [-0.2, 0) is 0 Å².